The van der Waals surface area contributed by atoms with Gasteiger partial charge in [0.15, 0.2) is 6.29 Å². The summed E-state index contributed by atoms with van der Waals surface area (Å²) in [5.41, 5.74) is 2.14. The van der Waals surface area contributed by atoms with Crippen LogP contribution in [0.4, 0.5) is 4.39 Å². The summed E-state index contributed by atoms with van der Waals surface area (Å²) >= 11 is 0. The summed E-state index contributed by atoms with van der Waals surface area (Å²) in [6.07, 6.45) is 0.476. The molecule has 0 radical (unpaired) electrons. The Morgan fingerprint density at radius 2 is 1.81 bits per heavy atom. The first-order valence-electron chi connectivity index (χ1n) is 6.85. The molecule has 0 N–H and O–H groups in total. The number of ether oxygens (including phenoxy) is 1. The van der Waals surface area contributed by atoms with Gasteiger partial charge in [-0.15, -0.1) is 0 Å². The molecule has 0 spiro atoms. The lowest BCUT2D eigenvalue weighted by molar-refractivity contribution is 0.111. The van der Waals surface area contributed by atoms with Gasteiger partial charge >= 0.3 is 0 Å². The van der Waals surface area contributed by atoms with Gasteiger partial charge in [-0.3, -0.25) is 4.79 Å². The first-order chi connectivity index (χ1) is 9.82. The first kappa shape index (κ1) is 15.2. The van der Waals surface area contributed by atoms with Crippen molar-refractivity contribution >= 4 is 6.29 Å². The molecule has 110 valence electrons. The normalized spacial score (nSPS) is 11.3. The summed E-state index contributed by atoms with van der Waals surface area (Å²) in [6, 6.07) is 10.2. The summed E-state index contributed by atoms with van der Waals surface area (Å²) in [7, 11) is 0. The van der Waals surface area contributed by atoms with E-state index in [-0.39, 0.29) is 16.7 Å². The highest BCUT2D eigenvalue weighted by Crippen LogP contribution is 2.31. The van der Waals surface area contributed by atoms with E-state index in [1.165, 1.54) is 17.7 Å². The van der Waals surface area contributed by atoms with Crippen molar-refractivity contribution in [3.05, 3.63) is 58.9 Å². The molecule has 2 aromatic carbocycles. The first-order valence-corrected chi connectivity index (χ1v) is 6.85. The Kier molecular flexibility index (Phi) is 4.12. The third kappa shape index (κ3) is 3.30. The number of hydrogen-bond donors (Lipinski definition) is 0. The van der Waals surface area contributed by atoms with Crippen LogP contribution in [-0.4, -0.2) is 6.29 Å². The van der Waals surface area contributed by atoms with Crippen LogP contribution in [0.25, 0.3) is 0 Å². The SMILES string of the molecule is Cc1cc(C(C)(C)C)ccc1Oc1cccc(F)c1C=O. The lowest BCUT2D eigenvalue weighted by atomic mass is 9.86. The summed E-state index contributed by atoms with van der Waals surface area (Å²) < 4.78 is 19.3. The molecule has 0 saturated heterocycles. The fourth-order valence-electron chi connectivity index (χ4n) is 2.07. The minimum absolute atomic E-state index is 0.0517. The minimum atomic E-state index is -0.577. The Hall–Kier alpha value is -2.16. The van der Waals surface area contributed by atoms with Crippen LogP contribution >= 0.6 is 0 Å². The van der Waals surface area contributed by atoms with Crippen molar-refractivity contribution in [3.8, 4) is 11.5 Å². The van der Waals surface area contributed by atoms with E-state index in [1.54, 1.807) is 6.07 Å². The van der Waals surface area contributed by atoms with E-state index in [1.807, 2.05) is 19.1 Å². The lowest BCUT2D eigenvalue weighted by Crippen LogP contribution is -2.11. The van der Waals surface area contributed by atoms with Crippen molar-refractivity contribution in [1.82, 2.24) is 0 Å². The average Bonchev–Trinajstić information content (AvgIpc) is 2.40. The van der Waals surface area contributed by atoms with Crippen molar-refractivity contribution in [3.63, 3.8) is 0 Å². The molecule has 0 bridgehead atoms. The zero-order chi connectivity index (χ0) is 15.6. The third-order valence-corrected chi connectivity index (χ3v) is 3.39. The summed E-state index contributed by atoms with van der Waals surface area (Å²) in [6.45, 7) is 8.35. The number of halogens is 1. The lowest BCUT2D eigenvalue weighted by Gasteiger charge is -2.20. The number of benzene rings is 2. The maximum atomic E-state index is 13.6. The van der Waals surface area contributed by atoms with Gasteiger partial charge < -0.3 is 4.74 Å². The molecule has 0 saturated carbocycles. The molecule has 2 nitrogen and oxygen atoms in total. The molecular weight excluding hydrogens is 267 g/mol. The molecule has 2 rings (SSSR count). The fraction of sp³-hybridized carbons (Fsp3) is 0.278. The van der Waals surface area contributed by atoms with E-state index in [0.29, 0.717) is 12.0 Å². The smallest absolute Gasteiger partial charge is 0.156 e. The Bertz CT molecular complexity index is 669. The van der Waals surface area contributed by atoms with Crippen LogP contribution in [0, 0.1) is 12.7 Å². The largest absolute Gasteiger partial charge is 0.456 e. The van der Waals surface area contributed by atoms with Crippen LogP contribution in [0.2, 0.25) is 0 Å². The van der Waals surface area contributed by atoms with Crippen LogP contribution in [0.5, 0.6) is 11.5 Å². The Morgan fingerprint density at radius 1 is 1.10 bits per heavy atom. The molecular formula is C18H19FO2. The molecule has 21 heavy (non-hydrogen) atoms. The zero-order valence-electron chi connectivity index (χ0n) is 12.7. The van der Waals surface area contributed by atoms with Gasteiger partial charge in [0.25, 0.3) is 0 Å². The number of carbonyl (C=O) groups is 1. The second kappa shape index (κ2) is 5.68. The van der Waals surface area contributed by atoms with E-state index in [0.717, 1.165) is 5.56 Å². The molecule has 0 aliphatic rings. The van der Waals surface area contributed by atoms with Gasteiger partial charge in [0, 0.05) is 0 Å². The van der Waals surface area contributed by atoms with Crippen molar-refractivity contribution < 1.29 is 13.9 Å². The average molecular weight is 286 g/mol. The van der Waals surface area contributed by atoms with Crippen LogP contribution in [0.1, 0.15) is 42.3 Å². The van der Waals surface area contributed by atoms with Crippen LogP contribution < -0.4 is 4.74 Å². The predicted molar refractivity (Wildman–Crippen MR) is 81.7 cm³/mol. The van der Waals surface area contributed by atoms with Crippen molar-refractivity contribution in [1.29, 1.82) is 0 Å². The van der Waals surface area contributed by atoms with Gasteiger partial charge in [-0.1, -0.05) is 39.0 Å². The van der Waals surface area contributed by atoms with E-state index in [9.17, 15) is 9.18 Å². The van der Waals surface area contributed by atoms with E-state index >= 15 is 0 Å². The second-order valence-corrected chi connectivity index (χ2v) is 6.10. The van der Waals surface area contributed by atoms with Gasteiger partial charge in [0.1, 0.15) is 17.3 Å². The Labute approximate surface area is 124 Å². The van der Waals surface area contributed by atoms with Gasteiger partial charge in [0.05, 0.1) is 5.56 Å². The molecule has 0 amide bonds. The molecule has 0 aliphatic carbocycles. The molecule has 0 heterocycles. The maximum absolute atomic E-state index is 13.6. The quantitative estimate of drug-likeness (QED) is 0.739. The Morgan fingerprint density at radius 3 is 2.38 bits per heavy atom. The van der Waals surface area contributed by atoms with Gasteiger partial charge in [-0.25, -0.2) is 4.39 Å². The van der Waals surface area contributed by atoms with Crippen LogP contribution in [0.3, 0.4) is 0 Å². The second-order valence-electron chi connectivity index (χ2n) is 6.10. The molecule has 0 unspecified atom stereocenters. The van der Waals surface area contributed by atoms with Crippen molar-refractivity contribution in [2.45, 2.75) is 33.1 Å². The monoisotopic (exact) mass is 286 g/mol. The summed E-state index contributed by atoms with van der Waals surface area (Å²) in [4.78, 5) is 11.0. The maximum Gasteiger partial charge on any atom is 0.156 e. The highest BCUT2D eigenvalue weighted by molar-refractivity contribution is 5.79. The number of aldehydes is 1. The van der Waals surface area contributed by atoms with Crippen LogP contribution in [0.15, 0.2) is 36.4 Å². The Balaban J connectivity index is 2.37. The zero-order valence-corrected chi connectivity index (χ0v) is 12.7. The van der Waals surface area contributed by atoms with Crippen molar-refractivity contribution in [2.24, 2.45) is 0 Å². The highest BCUT2D eigenvalue weighted by atomic mass is 19.1. The number of rotatable bonds is 3. The number of aryl methyl sites for hydroxylation is 1. The number of carbonyl (C=O) groups excluding carboxylic acids is 1. The molecule has 3 heteroatoms. The molecule has 2 aromatic rings. The van der Waals surface area contributed by atoms with Gasteiger partial charge in [-0.2, -0.15) is 0 Å². The highest BCUT2D eigenvalue weighted by Gasteiger charge is 2.16. The van der Waals surface area contributed by atoms with E-state index < -0.39 is 5.82 Å². The number of hydrogen-bond acceptors (Lipinski definition) is 2. The van der Waals surface area contributed by atoms with Crippen molar-refractivity contribution in [2.75, 3.05) is 0 Å². The van der Waals surface area contributed by atoms with Crippen LogP contribution in [-0.2, 0) is 5.41 Å². The molecule has 0 fully saturated rings. The molecule has 0 aliphatic heterocycles. The summed E-state index contributed by atoms with van der Waals surface area (Å²) in [5, 5.41) is 0. The fourth-order valence-corrected chi connectivity index (χ4v) is 2.07. The van der Waals surface area contributed by atoms with E-state index in [4.69, 9.17) is 4.74 Å². The standard InChI is InChI=1S/C18H19FO2/c1-12-10-13(18(2,3)4)8-9-16(12)21-17-7-5-6-15(19)14(17)11-20/h5-11H,1-4H3. The van der Waals surface area contributed by atoms with E-state index in [2.05, 4.69) is 26.8 Å². The van der Waals surface area contributed by atoms with Gasteiger partial charge in [0.2, 0.25) is 0 Å². The van der Waals surface area contributed by atoms with Gasteiger partial charge in [-0.05, 0) is 41.7 Å². The minimum Gasteiger partial charge on any atom is -0.456 e. The predicted octanol–water partition coefficient (Wildman–Crippen LogP) is 5.04. The molecule has 0 atom stereocenters. The topological polar surface area (TPSA) is 26.3 Å². The third-order valence-electron chi connectivity index (χ3n) is 3.39. The molecule has 0 aromatic heterocycles. The summed E-state index contributed by atoms with van der Waals surface area (Å²) in [5.74, 6) is 0.278.